The summed E-state index contributed by atoms with van der Waals surface area (Å²) in [5, 5.41) is 0. The van der Waals surface area contributed by atoms with E-state index in [0.29, 0.717) is 5.92 Å². The molecule has 1 aromatic heterocycles. The van der Waals surface area contributed by atoms with Crippen LogP contribution in [0.2, 0.25) is 0 Å². The van der Waals surface area contributed by atoms with Crippen molar-refractivity contribution in [3.63, 3.8) is 0 Å². The van der Waals surface area contributed by atoms with Crippen LogP contribution in [0.3, 0.4) is 0 Å². The van der Waals surface area contributed by atoms with Crippen LogP contribution in [0.25, 0.3) is 0 Å². The maximum absolute atomic E-state index is 4.03. The van der Waals surface area contributed by atoms with Crippen LogP contribution in [-0.2, 0) is 0 Å². The van der Waals surface area contributed by atoms with Crippen LogP contribution in [0.5, 0.6) is 0 Å². The van der Waals surface area contributed by atoms with Crippen LogP contribution >= 0.6 is 0 Å². The van der Waals surface area contributed by atoms with E-state index in [0.717, 1.165) is 13.1 Å². The highest BCUT2D eigenvalue weighted by molar-refractivity contribution is 5.04. The summed E-state index contributed by atoms with van der Waals surface area (Å²) in [5.41, 5.74) is 1.28. The largest absolute Gasteiger partial charge is 0.459 e. The van der Waals surface area contributed by atoms with Crippen molar-refractivity contribution in [1.82, 2.24) is 14.9 Å². The smallest absolute Gasteiger partial charge is 0.0921 e. The van der Waals surface area contributed by atoms with Crippen molar-refractivity contribution in [3.8, 4) is 0 Å². The zero-order valence-corrected chi connectivity index (χ0v) is 7.16. The van der Waals surface area contributed by atoms with E-state index in [-0.39, 0.29) is 0 Å². The van der Waals surface area contributed by atoms with Gasteiger partial charge in [-0.2, -0.15) is 0 Å². The van der Waals surface area contributed by atoms with Crippen LogP contribution in [0.1, 0.15) is 24.5 Å². The lowest BCUT2D eigenvalue weighted by atomic mass is 9.94. The topological polar surface area (TPSA) is 31.9 Å². The second-order valence-electron chi connectivity index (χ2n) is 3.40. The van der Waals surface area contributed by atoms with Gasteiger partial charge >= 0.3 is 0 Å². The van der Waals surface area contributed by atoms with Gasteiger partial charge in [-0.1, -0.05) is 0 Å². The summed E-state index contributed by atoms with van der Waals surface area (Å²) < 4.78 is 0. The second-order valence-corrected chi connectivity index (χ2v) is 3.40. The fraction of sp³-hybridized carbons (Fsp3) is 0.556. The number of nitrogens with one attached hydrogen (secondary N) is 1. The van der Waals surface area contributed by atoms with E-state index in [4.69, 9.17) is 0 Å². The van der Waals surface area contributed by atoms with Gasteiger partial charge in [0, 0.05) is 17.8 Å². The molecule has 0 amide bonds. The predicted molar refractivity (Wildman–Crippen MR) is 47.5 cm³/mol. The lowest BCUT2D eigenvalue weighted by Crippen LogP contribution is -2.27. The van der Waals surface area contributed by atoms with Crippen molar-refractivity contribution < 1.29 is 0 Å². The molecule has 1 aliphatic heterocycles. The van der Waals surface area contributed by atoms with Crippen LogP contribution in [0, 0.1) is 7.05 Å². The Bertz CT molecular complexity index is 222. The maximum Gasteiger partial charge on any atom is 0.0921 e. The Balaban J connectivity index is 1.99. The number of hydrogen-bond donors (Lipinski definition) is 1. The molecule has 0 aromatic carbocycles. The minimum Gasteiger partial charge on any atom is -0.459 e. The van der Waals surface area contributed by atoms with Crippen molar-refractivity contribution in [1.29, 1.82) is 0 Å². The molecule has 0 radical (unpaired) electrons. The highest BCUT2D eigenvalue weighted by atomic mass is 15.1. The highest BCUT2D eigenvalue weighted by Gasteiger charge is 2.16. The molecule has 0 aliphatic carbocycles. The Morgan fingerprint density at radius 1 is 1.50 bits per heavy atom. The Labute approximate surface area is 72.8 Å². The van der Waals surface area contributed by atoms with Gasteiger partial charge in [-0.25, -0.2) is 4.98 Å². The molecule has 0 spiro atoms. The van der Waals surface area contributed by atoms with Crippen molar-refractivity contribution in [2.75, 3.05) is 13.1 Å². The molecule has 0 unspecified atom stereocenters. The quantitative estimate of drug-likeness (QED) is 0.636. The fourth-order valence-electron chi connectivity index (χ4n) is 1.73. The van der Waals surface area contributed by atoms with Gasteiger partial charge < -0.3 is 9.88 Å². The lowest BCUT2D eigenvalue weighted by molar-refractivity contribution is 0.278. The minimum atomic E-state index is 0.672. The van der Waals surface area contributed by atoms with Crippen molar-refractivity contribution in [2.45, 2.75) is 18.8 Å². The van der Waals surface area contributed by atoms with Crippen molar-refractivity contribution >= 4 is 0 Å². The predicted octanol–water partition coefficient (Wildman–Crippen LogP) is 1.38. The van der Waals surface area contributed by atoms with E-state index < -0.39 is 0 Å². The molecule has 66 valence electrons. The molecule has 3 nitrogen and oxygen atoms in total. The van der Waals surface area contributed by atoms with Gasteiger partial charge in [0.1, 0.15) is 0 Å². The third-order valence-electron chi connectivity index (χ3n) is 2.55. The van der Waals surface area contributed by atoms with Crippen molar-refractivity contribution in [2.24, 2.45) is 0 Å². The lowest BCUT2D eigenvalue weighted by Gasteiger charge is -2.33. The Kier molecular flexibility index (Phi) is 2.13. The summed E-state index contributed by atoms with van der Waals surface area (Å²) >= 11 is 0. The first-order valence-corrected chi connectivity index (χ1v) is 4.40. The number of likely N-dealkylation sites (tertiary alicyclic amines) is 1. The molecular weight excluding hydrogens is 150 g/mol. The standard InChI is InChI=1S/C9H14N3/c1-12-4-2-8(3-5-12)9-6-10-7-11-9/h6-8H,1-5H2,(H,10,11)/q-1. The summed E-state index contributed by atoms with van der Waals surface area (Å²) in [6, 6.07) is 0. The number of aromatic nitrogens is 2. The first kappa shape index (κ1) is 7.80. The van der Waals surface area contributed by atoms with Gasteiger partial charge in [0.05, 0.1) is 6.33 Å². The van der Waals surface area contributed by atoms with E-state index in [1.54, 1.807) is 6.33 Å². The van der Waals surface area contributed by atoms with E-state index in [1.165, 1.54) is 18.5 Å². The van der Waals surface area contributed by atoms with Crippen LogP contribution in [-0.4, -0.2) is 28.0 Å². The molecule has 2 heterocycles. The molecule has 1 saturated heterocycles. The molecule has 1 aromatic rings. The second kappa shape index (κ2) is 3.27. The van der Waals surface area contributed by atoms with E-state index >= 15 is 0 Å². The summed E-state index contributed by atoms with van der Waals surface area (Å²) in [5.74, 6) is 0.672. The molecular formula is C9H14N3-. The number of rotatable bonds is 1. The number of piperidine rings is 1. The zero-order chi connectivity index (χ0) is 8.39. The van der Waals surface area contributed by atoms with Gasteiger partial charge in [0.15, 0.2) is 0 Å². The third kappa shape index (κ3) is 1.50. The summed E-state index contributed by atoms with van der Waals surface area (Å²) in [4.78, 5) is 9.34. The van der Waals surface area contributed by atoms with E-state index in [9.17, 15) is 0 Å². The molecule has 3 heteroatoms. The normalized spacial score (nSPS) is 21.4. The molecule has 12 heavy (non-hydrogen) atoms. The van der Waals surface area contributed by atoms with Gasteiger partial charge in [-0.15, -0.1) is 0 Å². The van der Waals surface area contributed by atoms with Crippen LogP contribution < -0.4 is 0 Å². The van der Waals surface area contributed by atoms with Crippen LogP contribution in [0.15, 0.2) is 12.5 Å². The highest BCUT2D eigenvalue weighted by Crippen LogP contribution is 2.25. The molecule has 0 bridgehead atoms. The van der Waals surface area contributed by atoms with Gasteiger partial charge in [0.2, 0.25) is 0 Å². The SMILES string of the molecule is [CH2-]N1CCC(c2cnc[nH]2)CC1. The Morgan fingerprint density at radius 2 is 2.25 bits per heavy atom. The van der Waals surface area contributed by atoms with Gasteiger partial charge in [-0.05, 0) is 25.9 Å². The summed E-state index contributed by atoms with van der Waals surface area (Å²) in [6.07, 6.45) is 6.09. The van der Waals surface area contributed by atoms with E-state index in [2.05, 4.69) is 21.9 Å². The third-order valence-corrected chi connectivity index (χ3v) is 2.55. The van der Waals surface area contributed by atoms with Gasteiger partial charge in [-0.3, -0.25) is 7.05 Å². The molecule has 0 atom stereocenters. The van der Waals surface area contributed by atoms with E-state index in [1.807, 2.05) is 6.20 Å². The van der Waals surface area contributed by atoms with Crippen molar-refractivity contribution in [3.05, 3.63) is 25.3 Å². The molecule has 1 fully saturated rings. The monoisotopic (exact) mass is 164 g/mol. The number of nitrogens with zero attached hydrogens (tertiary/aromatic N) is 2. The first-order chi connectivity index (χ1) is 5.86. The first-order valence-electron chi connectivity index (χ1n) is 4.40. The average molecular weight is 164 g/mol. The zero-order valence-electron chi connectivity index (χ0n) is 7.16. The molecule has 0 saturated carbocycles. The number of imidazole rings is 1. The number of H-pyrrole nitrogens is 1. The number of hydrogen-bond acceptors (Lipinski definition) is 2. The Hall–Kier alpha value is -0.830. The average Bonchev–Trinajstić information content (AvgIpc) is 2.58. The molecule has 2 rings (SSSR count). The van der Waals surface area contributed by atoms with Gasteiger partial charge in [0.25, 0.3) is 0 Å². The maximum atomic E-state index is 4.03. The fourth-order valence-corrected chi connectivity index (χ4v) is 1.73. The summed E-state index contributed by atoms with van der Waals surface area (Å²) in [7, 11) is 3.92. The van der Waals surface area contributed by atoms with Crippen LogP contribution in [0.4, 0.5) is 0 Å². The number of aromatic amines is 1. The minimum absolute atomic E-state index is 0.672. The molecule has 1 N–H and O–H groups in total. The molecule has 1 aliphatic rings. The Morgan fingerprint density at radius 3 is 2.83 bits per heavy atom. The summed E-state index contributed by atoms with van der Waals surface area (Å²) in [6.45, 7) is 2.20.